The summed E-state index contributed by atoms with van der Waals surface area (Å²) in [4.78, 5) is 10.9. The van der Waals surface area contributed by atoms with Gasteiger partial charge in [-0.15, -0.1) is 0 Å². The molecule has 4 heteroatoms. The fourth-order valence-electron chi connectivity index (χ4n) is 1.57. The molecular weight excluding hydrogens is 268 g/mol. The molecule has 0 saturated heterocycles. The predicted octanol–water partition coefficient (Wildman–Crippen LogP) is 4.91. The van der Waals surface area contributed by atoms with Crippen LogP contribution < -0.4 is 0 Å². The second-order valence-electron chi connectivity index (χ2n) is 6.95. The third kappa shape index (κ3) is 8.75. The molecule has 0 aliphatic rings. The first-order chi connectivity index (χ1) is 9.20. The minimum Gasteiger partial charge on any atom is -0.466 e. The highest BCUT2D eigenvalue weighted by Gasteiger charge is 2.36. The normalized spacial score (nSPS) is 12.5. The van der Waals surface area contributed by atoms with Crippen molar-refractivity contribution < 1.29 is 14.0 Å². The van der Waals surface area contributed by atoms with E-state index in [9.17, 15) is 4.79 Å². The van der Waals surface area contributed by atoms with E-state index in [1.54, 1.807) is 0 Å². The zero-order chi connectivity index (χ0) is 15.6. The van der Waals surface area contributed by atoms with Gasteiger partial charge in [-0.1, -0.05) is 47.0 Å². The van der Waals surface area contributed by atoms with Crippen LogP contribution >= 0.6 is 0 Å². The Morgan fingerprint density at radius 1 is 0.950 bits per heavy atom. The van der Waals surface area contributed by atoms with Gasteiger partial charge < -0.3 is 9.16 Å². The Morgan fingerprint density at radius 2 is 1.45 bits per heavy atom. The molecular formula is C16H34O3Si. The average Bonchev–Trinajstić information content (AvgIpc) is 2.34. The molecule has 0 spiro atoms. The number of esters is 1. The van der Waals surface area contributed by atoms with Crippen LogP contribution in [0.3, 0.4) is 0 Å². The number of unbranched alkanes of at least 4 members (excludes halogenated alkanes) is 4. The molecule has 0 aliphatic heterocycles. The second kappa shape index (κ2) is 9.56. The molecule has 0 rings (SSSR count). The number of ether oxygens (including phenoxy) is 1. The Kier molecular flexibility index (Phi) is 9.39. The molecule has 3 nitrogen and oxygen atoms in total. The first kappa shape index (κ1) is 19.6. The van der Waals surface area contributed by atoms with Crippen molar-refractivity contribution in [1.29, 1.82) is 0 Å². The molecule has 120 valence electrons. The van der Waals surface area contributed by atoms with E-state index in [0.29, 0.717) is 18.1 Å². The van der Waals surface area contributed by atoms with Crippen molar-refractivity contribution in [1.82, 2.24) is 0 Å². The SMILES string of the molecule is CCC(=O)OCCCCCCCO[Si](C)(C)C(C)(C)C. The fraction of sp³-hybridized carbons (Fsp3) is 0.938. The molecule has 0 atom stereocenters. The smallest absolute Gasteiger partial charge is 0.305 e. The van der Waals surface area contributed by atoms with Gasteiger partial charge in [0.2, 0.25) is 0 Å². The van der Waals surface area contributed by atoms with Crippen LogP contribution in [-0.4, -0.2) is 27.5 Å². The standard InChI is InChI=1S/C16H34O3Si/c1-7-15(17)18-13-11-9-8-10-12-14-19-20(5,6)16(2,3)4/h7-14H2,1-6H3. The third-order valence-corrected chi connectivity index (χ3v) is 8.65. The maximum Gasteiger partial charge on any atom is 0.305 e. The molecule has 0 saturated carbocycles. The highest BCUT2D eigenvalue weighted by Crippen LogP contribution is 2.36. The van der Waals surface area contributed by atoms with E-state index in [4.69, 9.17) is 9.16 Å². The van der Waals surface area contributed by atoms with E-state index in [1.807, 2.05) is 6.92 Å². The molecule has 0 radical (unpaired) electrons. The molecule has 0 aliphatic carbocycles. The Morgan fingerprint density at radius 3 is 1.95 bits per heavy atom. The largest absolute Gasteiger partial charge is 0.466 e. The van der Waals surface area contributed by atoms with Crippen LogP contribution in [0.5, 0.6) is 0 Å². The summed E-state index contributed by atoms with van der Waals surface area (Å²) in [5, 5.41) is 0.302. The van der Waals surface area contributed by atoms with Gasteiger partial charge in [-0.2, -0.15) is 0 Å². The van der Waals surface area contributed by atoms with Crippen LogP contribution in [0.25, 0.3) is 0 Å². The van der Waals surface area contributed by atoms with Crippen molar-refractivity contribution in [2.75, 3.05) is 13.2 Å². The quantitative estimate of drug-likeness (QED) is 0.327. The highest BCUT2D eigenvalue weighted by molar-refractivity contribution is 6.74. The highest BCUT2D eigenvalue weighted by atomic mass is 28.4. The van der Waals surface area contributed by atoms with Crippen LogP contribution in [0.4, 0.5) is 0 Å². The zero-order valence-corrected chi connectivity index (χ0v) is 15.4. The van der Waals surface area contributed by atoms with Gasteiger partial charge in [0.25, 0.3) is 0 Å². The summed E-state index contributed by atoms with van der Waals surface area (Å²) in [5.74, 6) is -0.0900. The lowest BCUT2D eigenvalue weighted by molar-refractivity contribution is -0.143. The first-order valence-corrected chi connectivity index (χ1v) is 10.9. The van der Waals surface area contributed by atoms with Crippen LogP contribution in [0, 0.1) is 0 Å². The van der Waals surface area contributed by atoms with E-state index in [0.717, 1.165) is 25.9 Å². The average molecular weight is 303 g/mol. The summed E-state index contributed by atoms with van der Waals surface area (Å²) in [6, 6.07) is 0. The van der Waals surface area contributed by atoms with Gasteiger partial charge in [-0.3, -0.25) is 4.79 Å². The molecule has 0 fully saturated rings. The van der Waals surface area contributed by atoms with Crippen molar-refractivity contribution in [3.63, 3.8) is 0 Å². The van der Waals surface area contributed by atoms with E-state index in [1.165, 1.54) is 12.8 Å². The van der Waals surface area contributed by atoms with Gasteiger partial charge >= 0.3 is 5.97 Å². The maximum absolute atomic E-state index is 10.9. The van der Waals surface area contributed by atoms with Crippen LogP contribution in [0.2, 0.25) is 18.1 Å². The van der Waals surface area contributed by atoms with Gasteiger partial charge in [-0.05, 0) is 31.0 Å². The Hall–Kier alpha value is -0.353. The van der Waals surface area contributed by atoms with Gasteiger partial charge in [0.1, 0.15) is 0 Å². The minimum absolute atomic E-state index is 0.0900. The lowest BCUT2D eigenvalue weighted by atomic mass is 10.1. The summed E-state index contributed by atoms with van der Waals surface area (Å²) in [5.41, 5.74) is 0. The Labute approximate surface area is 126 Å². The monoisotopic (exact) mass is 302 g/mol. The number of carbonyl (C=O) groups is 1. The van der Waals surface area contributed by atoms with E-state index in [2.05, 4.69) is 33.9 Å². The summed E-state index contributed by atoms with van der Waals surface area (Å²) in [6.45, 7) is 14.7. The van der Waals surface area contributed by atoms with Crippen molar-refractivity contribution in [2.24, 2.45) is 0 Å². The summed E-state index contributed by atoms with van der Waals surface area (Å²) in [6.07, 6.45) is 6.14. The minimum atomic E-state index is -1.56. The molecule has 0 amide bonds. The van der Waals surface area contributed by atoms with Crippen molar-refractivity contribution in [3.05, 3.63) is 0 Å². The zero-order valence-electron chi connectivity index (χ0n) is 14.4. The molecule has 0 N–H and O–H groups in total. The van der Waals surface area contributed by atoms with E-state index < -0.39 is 8.32 Å². The molecule has 0 aromatic rings. The molecule has 20 heavy (non-hydrogen) atoms. The number of carbonyl (C=O) groups excluding carboxylic acids is 1. The summed E-state index contributed by atoms with van der Waals surface area (Å²) < 4.78 is 11.2. The molecule has 0 unspecified atom stereocenters. The van der Waals surface area contributed by atoms with E-state index >= 15 is 0 Å². The summed E-state index contributed by atoms with van der Waals surface area (Å²) >= 11 is 0. The van der Waals surface area contributed by atoms with Crippen molar-refractivity contribution in [3.8, 4) is 0 Å². The van der Waals surface area contributed by atoms with Crippen LogP contribution in [0.1, 0.15) is 66.2 Å². The maximum atomic E-state index is 10.9. The second-order valence-corrected chi connectivity index (χ2v) is 11.8. The van der Waals surface area contributed by atoms with Gasteiger partial charge in [-0.25, -0.2) is 0 Å². The fourth-order valence-corrected chi connectivity index (χ4v) is 2.65. The predicted molar refractivity (Wildman–Crippen MR) is 87.5 cm³/mol. The lowest BCUT2D eigenvalue weighted by Crippen LogP contribution is -2.40. The van der Waals surface area contributed by atoms with Crippen LogP contribution in [0.15, 0.2) is 0 Å². The molecule has 0 aromatic heterocycles. The third-order valence-electron chi connectivity index (χ3n) is 4.11. The Bertz CT molecular complexity index is 269. The molecule has 0 aromatic carbocycles. The molecule has 0 heterocycles. The van der Waals surface area contributed by atoms with Crippen molar-refractivity contribution in [2.45, 2.75) is 84.4 Å². The summed E-state index contributed by atoms with van der Waals surface area (Å²) in [7, 11) is -1.56. The van der Waals surface area contributed by atoms with E-state index in [-0.39, 0.29) is 5.97 Å². The number of hydrogen-bond donors (Lipinski definition) is 0. The van der Waals surface area contributed by atoms with Gasteiger partial charge in [0.05, 0.1) is 6.61 Å². The number of rotatable bonds is 10. The van der Waals surface area contributed by atoms with Crippen molar-refractivity contribution >= 4 is 14.3 Å². The first-order valence-electron chi connectivity index (χ1n) is 8.00. The molecule has 0 bridgehead atoms. The van der Waals surface area contributed by atoms with Gasteiger partial charge in [0, 0.05) is 13.0 Å². The van der Waals surface area contributed by atoms with Gasteiger partial charge in [0.15, 0.2) is 8.32 Å². The Balaban J connectivity index is 3.44. The lowest BCUT2D eigenvalue weighted by Gasteiger charge is -2.36. The van der Waals surface area contributed by atoms with Crippen LogP contribution in [-0.2, 0) is 14.0 Å². The topological polar surface area (TPSA) is 35.5 Å². The number of hydrogen-bond acceptors (Lipinski definition) is 3.